The highest BCUT2D eigenvalue weighted by molar-refractivity contribution is 7.91. The Morgan fingerprint density at radius 2 is 0.900 bits per heavy atom. The summed E-state index contributed by atoms with van der Waals surface area (Å²) in [6.45, 7) is 3.88. The van der Waals surface area contributed by atoms with Crippen LogP contribution in [0.5, 0.6) is 0 Å². The largest absolute Gasteiger partial charge is 0.329 e. The minimum absolute atomic E-state index is 0.0992. The smallest absolute Gasteiger partial charge is 0.248 e. The summed E-state index contributed by atoms with van der Waals surface area (Å²) in [5, 5.41) is 10.0. The van der Waals surface area contributed by atoms with Crippen LogP contribution < -0.4 is 0 Å². The number of hydrogen-bond acceptors (Lipinski definition) is 10. The number of nitrogens with zero attached hydrogens (tertiary/aromatic N) is 10. The lowest BCUT2D eigenvalue weighted by Gasteiger charge is -2.35. The summed E-state index contributed by atoms with van der Waals surface area (Å²) in [5.41, 5.74) is 8.88. The van der Waals surface area contributed by atoms with Gasteiger partial charge in [0.15, 0.2) is 19.7 Å². The molecule has 10 aromatic rings. The molecule has 2 saturated carbocycles. The van der Waals surface area contributed by atoms with Crippen LogP contribution in [0.25, 0.3) is 66.4 Å². The zero-order chi connectivity index (χ0) is 56.8. The van der Waals surface area contributed by atoms with E-state index >= 15 is 8.78 Å². The molecule has 2 fully saturated rings. The topological polar surface area (TPSA) is 165 Å². The number of alkyl halides is 4. The van der Waals surface area contributed by atoms with Gasteiger partial charge in [-0.15, -0.1) is 0 Å². The first-order valence-electron chi connectivity index (χ1n) is 26.1. The van der Waals surface area contributed by atoms with E-state index in [2.05, 4.69) is 20.2 Å². The molecule has 0 aliphatic heterocycles. The molecule has 2 unspecified atom stereocenters. The molecule has 14 nitrogen and oxygen atoms in total. The van der Waals surface area contributed by atoms with Gasteiger partial charge < -0.3 is 9.13 Å². The van der Waals surface area contributed by atoms with Crippen molar-refractivity contribution in [1.82, 2.24) is 48.6 Å². The predicted molar refractivity (Wildman–Crippen MR) is 293 cm³/mol. The van der Waals surface area contributed by atoms with Crippen molar-refractivity contribution in [2.45, 2.75) is 98.9 Å². The highest BCUT2D eigenvalue weighted by atomic mass is 32.2. The van der Waals surface area contributed by atoms with Gasteiger partial charge in [0.1, 0.15) is 11.6 Å². The number of aryl methyl sites for hydroxylation is 4. The van der Waals surface area contributed by atoms with Gasteiger partial charge in [-0.2, -0.15) is 10.2 Å². The van der Waals surface area contributed by atoms with Crippen molar-refractivity contribution >= 4 is 63.5 Å². The van der Waals surface area contributed by atoms with E-state index in [0.717, 1.165) is 46.2 Å². The van der Waals surface area contributed by atoms with Crippen molar-refractivity contribution in [3.63, 3.8) is 0 Å². The summed E-state index contributed by atoms with van der Waals surface area (Å²) in [6, 6.07) is 17.5. The van der Waals surface area contributed by atoms with E-state index in [0.29, 0.717) is 43.9 Å². The minimum atomic E-state index is -3.58. The average Bonchev–Trinajstić information content (AvgIpc) is 4.21. The van der Waals surface area contributed by atoms with Crippen LogP contribution in [0.2, 0.25) is 0 Å². The number of sulfone groups is 2. The Bertz CT molecular complexity index is 3970. The van der Waals surface area contributed by atoms with Gasteiger partial charge in [0, 0.05) is 99.0 Å². The van der Waals surface area contributed by atoms with E-state index in [1.807, 2.05) is 49.2 Å². The van der Waals surface area contributed by atoms with Gasteiger partial charge in [-0.1, -0.05) is 0 Å². The molecule has 0 saturated heterocycles. The lowest BCUT2D eigenvalue weighted by atomic mass is 9.80. The Hall–Kier alpha value is -7.46. The summed E-state index contributed by atoms with van der Waals surface area (Å²) in [7, 11) is -3.50. The second kappa shape index (κ2) is 20.3. The van der Waals surface area contributed by atoms with Crippen LogP contribution >= 0.6 is 0 Å². The SMILES string of the molecule is Cc1cnn(C)c1-c1cnc2c3ccc(S(C)(=O)=O)cc3n(C(c3ncccc3F)C3CCC(F)(F)CC3)c2c1.Cc1cnn(C)c1-c1cnc2c3ccc(S(C)(=O)=O)cc3n(C(c3ncccc3F)C3CCC(F)(F)CC3)c2c1. The molecule has 0 radical (unpaired) electrons. The maximum Gasteiger partial charge on any atom is 0.248 e. The second-order valence-corrected chi connectivity index (χ2v) is 25.5. The van der Waals surface area contributed by atoms with Gasteiger partial charge in [-0.3, -0.25) is 29.3 Å². The van der Waals surface area contributed by atoms with Crippen molar-refractivity contribution in [3.05, 3.63) is 144 Å². The first-order valence-corrected chi connectivity index (χ1v) is 29.9. The van der Waals surface area contributed by atoms with Crippen molar-refractivity contribution in [1.29, 1.82) is 0 Å². The lowest BCUT2D eigenvalue weighted by molar-refractivity contribution is -0.0501. The number of benzene rings is 2. The fraction of sp³-hybridized carbons (Fsp3) is 0.345. The quantitative estimate of drug-likeness (QED) is 0.120. The first kappa shape index (κ1) is 54.5. The summed E-state index contributed by atoms with van der Waals surface area (Å²) >= 11 is 0. The normalized spacial score (nSPS) is 17.1. The van der Waals surface area contributed by atoms with E-state index < -0.39 is 55.2 Å². The van der Waals surface area contributed by atoms with Gasteiger partial charge in [0.05, 0.1) is 90.1 Å². The number of pyridine rings is 4. The van der Waals surface area contributed by atoms with E-state index in [1.54, 1.807) is 58.4 Å². The van der Waals surface area contributed by atoms with Crippen LogP contribution in [-0.2, 0) is 33.8 Å². The van der Waals surface area contributed by atoms with Crippen LogP contribution in [0.3, 0.4) is 0 Å². The average molecular weight is 1140 g/mol. The monoisotopic (exact) mass is 1130 g/mol. The van der Waals surface area contributed by atoms with E-state index in [4.69, 9.17) is 9.97 Å². The lowest BCUT2D eigenvalue weighted by Crippen LogP contribution is -2.31. The minimum Gasteiger partial charge on any atom is -0.329 e. The summed E-state index contributed by atoms with van der Waals surface area (Å²) < 4.78 is 145. The molecular formula is C58H56F6N10O4S2. The fourth-order valence-electron chi connectivity index (χ4n) is 12.1. The predicted octanol–water partition coefficient (Wildman–Crippen LogP) is 12.5. The van der Waals surface area contributed by atoms with Gasteiger partial charge in [-0.05, 0) is 135 Å². The van der Waals surface area contributed by atoms with Gasteiger partial charge in [-0.25, -0.2) is 43.2 Å². The third-order valence-corrected chi connectivity index (χ3v) is 18.2. The molecule has 2 atom stereocenters. The van der Waals surface area contributed by atoms with Crippen molar-refractivity contribution < 1.29 is 43.2 Å². The van der Waals surface area contributed by atoms with Gasteiger partial charge in [0.2, 0.25) is 11.8 Å². The van der Waals surface area contributed by atoms with E-state index in [1.165, 1.54) is 48.8 Å². The molecular weight excluding hydrogens is 1080 g/mol. The maximum absolute atomic E-state index is 15.5. The van der Waals surface area contributed by atoms with E-state index in [9.17, 15) is 34.4 Å². The van der Waals surface area contributed by atoms with Crippen molar-refractivity contribution in [2.75, 3.05) is 12.5 Å². The first-order chi connectivity index (χ1) is 37.9. The Labute approximate surface area is 457 Å². The molecule has 416 valence electrons. The van der Waals surface area contributed by atoms with Crippen LogP contribution in [0.1, 0.15) is 86.0 Å². The molecule has 0 amide bonds. The van der Waals surface area contributed by atoms with Crippen LogP contribution in [0.15, 0.2) is 120 Å². The van der Waals surface area contributed by atoms with Gasteiger partial charge in [0.25, 0.3) is 0 Å². The van der Waals surface area contributed by atoms with Crippen LogP contribution in [0, 0.1) is 37.3 Å². The highest BCUT2D eigenvalue weighted by Gasteiger charge is 2.43. The molecule has 22 heteroatoms. The number of fused-ring (bicyclic) bond motifs is 6. The zero-order valence-corrected chi connectivity index (χ0v) is 46.2. The van der Waals surface area contributed by atoms with Crippen LogP contribution in [-0.4, -0.2) is 89.8 Å². The number of hydrogen-bond donors (Lipinski definition) is 0. The van der Waals surface area contributed by atoms with Crippen molar-refractivity contribution in [3.8, 4) is 22.5 Å². The highest BCUT2D eigenvalue weighted by Crippen LogP contribution is 2.49. The third-order valence-electron chi connectivity index (χ3n) is 16.0. The van der Waals surface area contributed by atoms with Crippen molar-refractivity contribution in [2.24, 2.45) is 25.9 Å². The summed E-state index contributed by atoms with van der Waals surface area (Å²) in [6.07, 6.45) is 11.6. The number of halogens is 6. The molecule has 2 aliphatic carbocycles. The second-order valence-electron chi connectivity index (χ2n) is 21.4. The maximum atomic E-state index is 15.5. The fourth-order valence-corrected chi connectivity index (χ4v) is 13.4. The van der Waals surface area contributed by atoms with Gasteiger partial charge >= 0.3 is 0 Å². The number of rotatable bonds is 10. The summed E-state index contributed by atoms with van der Waals surface area (Å²) in [5.74, 6) is -7.39. The molecule has 8 heterocycles. The Kier molecular flexibility index (Phi) is 13.8. The Morgan fingerprint density at radius 3 is 1.23 bits per heavy atom. The third kappa shape index (κ3) is 10.0. The summed E-state index contributed by atoms with van der Waals surface area (Å²) in [4.78, 5) is 18.6. The van der Waals surface area contributed by atoms with Crippen LogP contribution in [0.4, 0.5) is 26.3 Å². The van der Waals surface area contributed by atoms with E-state index in [-0.39, 0.29) is 84.4 Å². The molecule has 0 bridgehead atoms. The molecule has 80 heavy (non-hydrogen) atoms. The zero-order valence-electron chi connectivity index (χ0n) is 44.5. The molecule has 0 N–H and O–H groups in total. The molecule has 12 rings (SSSR count). The molecule has 8 aromatic heterocycles. The number of aromatic nitrogens is 10. The molecule has 2 aliphatic rings. The molecule has 2 aromatic carbocycles. The Morgan fingerprint density at radius 1 is 0.525 bits per heavy atom. The molecule has 0 spiro atoms. The standard InChI is InChI=1S/2C29H28F3N5O2S/c2*1-17-15-35-36(2)27(17)19-13-24-25(34-16-19)21-7-6-20(40(3,38)39)14-23(21)37(24)28(26-22(30)5-4-12-33-26)18-8-10-29(31,32)11-9-18/h2*4-7,12-16,18,28H,8-11H2,1-3H3. The Balaban J connectivity index is 0.000000169.